The highest BCUT2D eigenvalue weighted by Crippen LogP contribution is 2.22. The molecular weight excluding hydrogens is 388 g/mol. The van der Waals surface area contributed by atoms with Gasteiger partial charge in [0, 0.05) is 42.5 Å². The predicted molar refractivity (Wildman–Crippen MR) is 118 cm³/mol. The average Bonchev–Trinajstić information content (AvgIpc) is 3.43. The average molecular weight is 408 g/mol. The molecule has 0 unspecified atom stereocenters. The summed E-state index contributed by atoms with van der Waals surface area (Å²) in [7, 11) is 0. The van der Waals surface area contributed by atoms with E-state index in [4.69, 9.17) is 4.98 Å². The van der Waals surface area contributed by atoms with Gasteiger partial charge in [0.25, 0.3) is 0 Å². The van der Waals surface area contributed by atoms with Crippen LogP contribution in [0, 0.1) is 0 Å². The van der Waals surface area contributed by atoms with Crippen LogP contribution in [-0.4, -0.2) is 34.9 Å². The molecule has 3 aromatic heterocycles. The van der Waals surface area contributed by atoms with E-state index >= 15 is 0 Å². The van der Waals surface area contributed by atoms with Gasteiger partial charge in [-0.25, -0.2) is 19.9 Å². The second-order valence-electron chi connectivity index (χ2n) is 7.12. The molecule has 0 N–H and O–H groups in total. The van der Waals surface area contributed by atoms with Gasteiger partial charge in [-0.1, -0.05) is 30.3 Å². The number of nitrogens with zero attached hydrogens (tertiary/aromatic N) is 6. The van der Waals surface area contributed by atoms with Crippen LogP contribution in [0.3, 0.4) is 0 Å². The lowest BCUT2D eigenvalue weighted by Crippen LogP contribution is -2.09. The van der Waals surface area contributed by atoms with Crippen LogP contribution in [-0.2, 0) is 13.1 Å². The SMILES string of the molecule is CCn1c(Cn2ccnc2-c2ncccn2)nc2cc(C(=O)c3ccccc3)ccc21. The van der Waals surface area contributed by atoms with Crippen LogP contribution < -0.4 is 0 Å². The first kappa shape index (κ1) is 18.9. The monoisotopic (exact) mass is 408 g/mol. The van der Waals surface area contributed by atoms with E-state index < -0.39 is 0 Å². The van der Waals surface area contributed by atoms with Gasteiger partial charge in [0.2, 0.25) is 0 Å². The highest BCUT2D eigenvalue weighted by molar-refractivity contribution is 6.10. The van der Waals surface area contributed by atoms with Crippen LogP contribution in [0.15, 0.2) is 79.4 Å². The van der Waals surface area contributed by atoms with E-state index in [0.717, 1.165) is 23.4 Å². The maximum Gasteiger partial charge on any atom is 0.195 e. The molecule has 0 spiro atoms. The molecular formula is C24H20N6O. The predicted octanol–water partition coefficient (Wildman–Crippen LogP) is 3.99. The molecule has 0 bridgehead atoms. The van der Waals surface area contributed by atoms with Crippen molar-refractivity contribution in [1.82, 2.24) is 29.1 Å². The van der Waals surface area contributed by atoms with Gasteiger partial charge in [0.1, 0.15) is 5.82 Å². The minimum absolute atomic E-state index is 0.00628. The molecule has 5 rings (SSSR count). The number of rotatable bonds is 6. The summed E-state index contributed by atoms with van der Waals surface area (Å²) < 4.78 is 4.14. The van der Waals surface area contributed by atoms with Crippen molar-refractivity contribution in [2.24, 2.45) is 0 Å². The van der Waals surface area contributed by atoms with Crippen LogP contribution in [0.25, 0.3) is 22.7 Å². The lowest BCUT2D eigenvalue weighted by Gasteiger charge is -2.09. The number of aryl methyl sites for hydroxylation is 1. The third-order valence-corrected chi connectivity index (χ3v) is 5.23. The maximum atomic E-state index is 12.8. The van der Waals surface area contributed by atoms with E-state index in [9.17, 15) is 4.79 Å². The van der Waals surface area contributed by atoms with Crippen LogP contribution in [0.4, 0.5) is 0 Å². The van der Waals surface area contributed by atoms with E-state index in [0.29, 0.717) is 29.3 Å². The summed E-state index contributed by atoms with van der Waals surface area (Å²) in [6.07, 6.45) is 7.04. The van der Waals surface area contributed by atoms with Crippen LogP contribution >= 0.6 is 0 Å². The van der Waals surface area contributed by atoms with Gasteiger partial charge in [0.15, 0.2) is 17.4 Å². The Morgan fingerprint density at radius 2 is 1.71 bits per heavy atom. The highest BCUT2D eigenvalue weighted by atomic mass is 16.1. The van der Waals surface area contributed by atoms with Gasteiger partial charge in [-0.2, -0.15) is 0 Å². The van der Waals surface area contributed by atoms with Gasteiger partial charge >= 0.3 is 0 Å². The zero-order chi connectivity index (χ0) is 21.2. The Labute approximate surface area is 179 Å². The molecule has 3 heterocycles. The van der Waals surface area contributed by atoms with Gasteiger partial charge in [-0.15, -0.1) is 0 Å². The van der Waals surface area contributed by atoms with Gasteiger partial charge in [-0.3, -0.25) is 4.79 Å². The van der Waals surface area contributed by atoms with E-state index in [2.05, 4.69) is 26.4 Å². The molecule has 0 saturated heterocycles. The Hall–Kier alpha value is -4.13. The standard InChI is InChI=1S/C24H20N6O/c1-2-30-20-10-9-18(22(31)17-7-4-3-5-8-17)15-19(20)28-21(30)16-29-14-13-27-24(29)23-25-11-6-12-26-23/h3-15H,2,16H2,1H3. The Balaban J connectivity index is 1.52. The number of ketones is 1. The maximum absolute atomic E-state index is 12.8. The molecule has 0 fully saturated rings. The molecule has 0 saturated carbocycles. The van der Waals surface area contributed by atoms with Crippen molar-refractivity contribution in [3.8, 4) is 11.6 Å². The van der Waals surface area contributed by atoms with Crippen LogP contribution in [0.2, 0.25) is 0 Å². The molecule has 7 heteroatoms. The largest absolute Gasteiger partial charge is 0.327 e. The number of hydrogen-bond donors (Lipinski definition) is 0. The Kier molecular flexibility index (Phi) is 4.84. The second-order valence-corrected chi connectivity index (χ2v) is 7.12. The Bertz CT molecular complexity index is 1360. The summed E-state index contributed by atoms with van der Waals surface area (Å²) in [5.41, 5.74) is 3.10. The van der Waals surface area contributed by atoms with E-state index in [1.807, 2.05) is 59.3 Å². The van der Waals surface area contributed by atoms with Crippen molar-refractivity contribution < 1.29 is 4.79 Å². The molecule has 152 valence electrons. The molecule has 0 aliphatic heterocycles. The van der Waals surface area contributed by atoms with E-state index in [-0.39, 0.29) is 5.78 Å². The zero-order valence-corrected chi connectivity index (χ0v) is 17.0. The number of carbonyl (C=O) groups excluding carboxylic acids is 1. The Morgan fingerprint density at radius 3 is 2.48 bits per heavy atom. The molecule has 0 aliphatic carbocycles. The first-order valence-corrected chi connectivity index (χ1v) is 10.1. The third-order valence-electron chi connectivity index (χ3n) is 5.23. The van der Waals surface area contributed by atoms with Crippen molar-refractivity contribution in [3.05, 3.63) is 96.3 Å². The first-order chi connectivity index (χ1) is 15.2. The molecule has 0 amide bonds. The van der Waals surface area contributed by atoms with Crippen molar-refractivity contribution in [1.29, 1.82) is 0 Å². The summed E-state index contributed by atoms with van der Waals surface area (Å²) in [4.78, 5) is 30.7. The molecule has 31 heavy (non-hydrogen) atoms. The fourth-order valence-corrected chi connectivity index (χ4v) is 3.76. The number of hydrogen-bond acceptors (Lipinski definition) is 5. The normalized spacial score (nSPS) is 11.1. The van der Waals surface area contributed by atoms with E-state index in [1.54, 1.807) is 24.7 Å². The molecule has 0 atom stereocenters. The van der Waals surface area contributed by atoms with Gasteiger partial charge < -0.3 is 9.13 Å². The van der Waals surface area contributed by atoms with Crippen molar-refractivity contribution in [3.63, 3.8) is 0 Å². The lowest BCUT2D eigenvalue weighted by atomic mass is 10.0. The fourth-order valence-electron chi connectivity index (χ4n) is 3.76. The number of benzene rings is 2. The summed E-state index contributed by atoms with van der Waals surface area (Å²) in [5, 5.41) is 0. The molecule has 0 radical (unpaired) electrons. The van der Waals surface area contributed by atoms with Gasteiger partial charge in [-0.05, 0) is 31.2 Å². The minimum Gasteiger partial charge on any atom is -0.327 e. The van der Waals surface area contributed by atoms with Crippen molar-refractivity contribution >= 4 is 16.8 Å². The summed E-state index contributed by atoms with van der Waals surface area (Å²) in [6.45, 7) is 3.38. The minimum atomic E-state index is -0.00628. The van der Waals surface area contributed by atoms with Crippen LogP contribution in [0.1, 0.15) is 28.7 Å². The Morgan fingerprint density at radius 1 is 0.903 bits per heavy atom. The molecule has 5 aromatic rings. The molecule has 2 aromatic carbocycles. The van der Waals surface area contributed by atoms with Gasteiger partial charge in [0.05, 0.1) is 17.6 Å². The number of aromatic nitrogens is 6. The number of carbonyl (C=O) groups is 1. The fraction of sp³-hybridized carbons (Fsp3) is 0.125. The quantitative estimate of drug-likeness (QED) is 0.397. The second kappa shape index (κ2) is 7.95. The smallest absolute Gasteiger partial charge is 0.195 e. The van der Waals surface area contributed by atoms with Crippen molar-refractivity contribution in [2.75, 3.05) is 0 Å². The highest BCUT2D eigenvalue weighted by Gasteiger charge is 2.16. The lowest BCUT2D eigenvalue weighted by molar-refractivity contribution is 0.103. The zero-order valence-electron chi connectivity index (χ0n) is 17.0. The number of fused-ring (bicyclic) bond motifs is 1. The first-order valence-electron chi connectivity index (χ1n) is 10.1. The topological polar surface area (TPSA) is 78.5 Å². The summed E-state index contributed by atoms with van der Waals surface area (Å²) in [6, 6.07) is 16.8. The summed E-state index contributed by atoms with van der Waals surface area (Å²) >= 11 is 0. The third kappa shape index (κ3) is 3.50. The molecule has 0 aliphatic rings. The van der Waals surface area contributed by atoms with Crippen LogP contribution in [0.5, 0.6) is 0 Å². The summed E-state index contributed by atoms with van der Waals surface area (Å²) in [5.74, 6) is 2.14. The molecule has 7 nitrogen and oxygen atoms in total. The number of imidazole rings is 2. The van der Waals surface area contributed by atoms with E-state index in [1.165, 1.54) is 0 Å². The van der Waals surface area contributed by atoms with Crippen molar-refractivity contribution in [2.45, 2.75) is 20.0 Å².